The van der Waals surface area contributed by atoms with Crippen LogP contribution in [0.3, 0.4) is 0 Å². The van der Waals surface area contributed by atoms with Gasteiger partial charge >= 0.3 is 6.03 Å². The average Bonchev–Trinajstić information content (AvgIpc) is 2.55. The molecule has 1 aliphatic heterocycles. The Kier molecular flexibility index (Phi) is 4.21. The standard InChI is InChI=1S/C18H20N2O3/c1-18(20-17(22)19-12-21)11-16(13-7-3-2-4-8-13)23-15-10-6-5-9-14(15)18/h2-10,16,21H,11-12H2,1H3,(H2,19,20,22). The predicted octanol–water partition coefficient (Wildman–Crippen LogP) is 2.67. The van der Waals surface area contributed by atoms with E-state index >= 15 is 0 Å². The van der Waals surface area contributed by atoms with Crippen LogP contribution in [-0.2, 0) is 5.54 Å². The third-order valence-corrected chi connectivity index (χ3v) is 4.14. The predicted molar refractivity (Wildman–Crippen MR) is 87.0 cm³/mol. The maximum absolute atomic E-state index is 11.9. The van der Waals surface area contributed by atoms with Crippen molar-refractivity contribution in [1.29, 1.82) is 0 Å². The molecule has 0 spiro atoms. The van der Waals surface area contributed by atoms with Crippen LogP contribution >= 0.6 is 0 Å². The number of rotatable bonds is 3. The van der Waals surface area contributed by atoms with E-state index in [9.17, 15) is 4.79 Å². The molecule has 2 unspecified atom stereocenters. The van der Waals surface area contributed by atoms with Gasteiger partial charge in [0.25, 0.3) is 0 Å². The zero-order valence-corrected chi connectivity index (χ0v) is 13.0. The van der Waals surface area contributed by atoms with Crippen LogP contribution in [0.2, 0.25) is 0 Å². The van der Waals surface area contributed by atoms with Crippen molar-refractivity contribution in [2.75, 3.05) is 6.73 Å². The van der Waals surface area contributed by atoms with Crippen LogP contribution < -0.4 is 15.4 Å². The molecular weight excluding hydrogens is 292 g/mol. The van der Waals surface area contributed by atoms with Gasteiger partial charge in [0.2, 0.25) is 0 Å². The fourth-order valence-electron chi connectivity index (χ4n) is 3.04. The van der Waals surface area contributed by atoms with Crippen LogP contribution in [-0.4, -0.2) is 17.9 Å². The van der Waals surface area contributed by atoms with Crippen LogP contribution in [0.5, 0.6) is 5.75 Å². The average molecular weight is 312 g/mol. The largest absolute Gasteiger partial charge is 0.485 e. The number of amides is 2. The summed E-state index contributed by atoms with van der Waals surface area (Å²) >= 11 is 0. The Morgan fingerprint density at radius 2 is 1.91 bits per heavy atom. The van der Waals surface area contributed by atoms with E-state index in [2.05, 4.69) is 10.6 Å². The minimum Gasteiger partial charge on any atom is -0.485 e. The van der Waals surface area contributed by atoms with Crippen molar-refractivity contribution < 1.29 is 14.6 Å². The quantitative estimate of drug-likeness (QED) is 0.763. The molecule has 0 radical (unpaired) electrons. The lowest BCUT2D eigenvalue weighted by Gasteiger charge is -2.40. The van der Waals surface area contributed by atoms with Crippen molar-refractivity contribution in [3.05, 3.63) is 65.7 Å². The smallest absolute Gasteiger partial charge is 0.317 e. The molecule has 23 heavy (non-hydrogen) atoms. The maximum atomic E-state index is 11.9. The molecule has 0 fully saturated rings. The first-order valence-corrected chi connectivity index (χ1v) is 7.60. The van der Waals surface area contributed by atoms with E-state index in [1.165, 1.54) is 0 Å². The van der Waals surface area contributed by atoms with Gasteiger partial charge in [-0.2, -0.15) is 0 Å². The molecule has 0 aliphatic carbocycles. The van der Waals surface area contributed by atoms with Crippen molar-refractivity contribution in [3.63, 3.8) is 0 Å². The first-order valence-electron chi connectivity index (χ1n) is 7.60. The number of ether oxygens (including phenoxy) is 1. The van der Waals surface area contributed by atoms with E-state index in [1.807, 2.05) is 61.5 Å². The van der Waals surface area contributed by atoms with E-state index in [0.717, 1.165) is 16.9 Å². The molecule has 5 heteroatoms. The van der Waals surface area contributed by atoms with E-state index in [0.29, 0.717) is 6.42 Å². The number of hydrogen-bond donors (Lipinski definition) is 3. The lowest BCUT2D eigenvalue weighted by molar-refractivity contribution is 0.115. The third-order valence-electron chi connectivity index (χ3n) is 4.14. The van der Waals surface area contributed by atoms with Crippen molar-refractivity contribution in [2.45, 2.75) is 25.0 Å². The van der Waals surface area contributed by atoms with Crippen LogP contribution in [0.4, 0.5) is 4.79 Å². The highest BCUT2D eigenvalue weighted by atomic mass is 16.5. The number of aliphatic hydroxyl groups excluding tert-OH is 1. The van der Waals surface area contributed by atoms with Crippen molar-refractivity contribution in [1.82, 2.24) is 10.6 Å². The van der Waals surface area contributed by atoms with Crippen LogP contribution in [0.25, 0.3) is 0 Å². The van der Waals surface area contributed by atoms with Gasteiger partial charge in [0.05, 0.1) is 5.54 Å². The minimum absolute atomic E-state index is 0.148. The molecule has 2 aromatic carbocycles. The molecule has 0 saturated carbocycles. The highest BCUT2D eigenvalue weighted by molar-refractivity contribution is 5.75. The van der Waals surface area contributed by atoms with Gasteiger partial charge in [-0.1, -0.05) is 48.5 Å². The molecule has 3 rings (SSSR count). The number of nitrogens with one attached hydrogen (secondary N) is 2. The second-order valence-electron chi connectivity index (χ2n) is 5.84. The molecule has 120 valence electrons. The minimum atomic E-state index is -0.589. The van der Waals surface area contributed by atoms with Gasteiger partial charge in [-0.3, -0.25) is 0 Å². The number of urea groups is 1. The molecule has 2 amide bonds. The SMILES string of the molecule is CC1(NC(=O)NCO)CC(c2ccccc2)Oc2ccccc21. The van der Waals surface area contributed by atoms with Gasteiger partial charge in [-0.25, -0.2) is 4.79 Å². The fraction of sp³-hybridized carbons (Fsp3) is 0.278. The molecular formula is C18H20N2O3. The molecule has 0 bridgehead atoms. The molecule has 1 aliphatic rings. The van der Waals surface area contributed by atoms with Crippen LogP contribution in [0.1, 0.15) is 30.6 Å². The maximum Gasteiger partial charge on any atom is 0.317 e. The highest BCUT2D eigenvalue weighted by Gasteiger charge is 2.39. The van der Waals surface area contributed by atoms with Crippen molar-refractivity contribution in [2.24, 2.45) is 0 Å². The van der Waals surface area contributed by atoms with E-state index in [-0.39, 0.29) is 6.10 Å². The lowest BCUT2D eigenvalue weighted by Crippen LogP contribution is -2.51. The number of benzene rings is 2. The zero-order chi connectivity index (χ0) is 16.3. The lowest BCUT2D eigenvalue weighted by atomic mass is 9.82. The van der Waals surface area contributed by atoms with Crippen LogP contribution in [0, 0.1) is 0 Å². The third kappa shape index (κ3) is 3.14. The summed E-state index contributed by atoms with van der Waals surface area (Å²) in [5.41, 5.74) is 1.41. The van der Waals surface area contributed by atoms with E-state index in [4.69, 9.17) is 9.84 Å². The summed E-state index contributed by atoms with van der Waals surface area (Å²) < 4.78 is 6.13. The van der Waals surface area contributed by atoms with Crippen molar-refractivity contribution >= 4 is 6.03 Å². The summed E-state index contributed by atoms with van der Waals surface area (Å²) in [6.07, 6.45) is 0.456. The summed E-state index contributed by atoms with van der Waals surface area (Å²) in [6, 6.07) is 17.3. The topological polar surface area (TPSA) is 70.6 Å². The van der Waals surface area contributed by atoms with Gasteiger partial charge in [-0.15, -0.1) is 0 Å². The van der Waals surface area contributed by atoms with Gasteiger partial charge in [0.1, 0.15) is 18.6 Å². The number of fused-ring (bicyclic) bond motifs is 1. The van der Waals surface area contributed by atoms with Crippen LogP contribution in [0.15, 0.2) is 54.6 Å². The van der Waals surface area contributed by atoms with Gasteiger partial charge < -0.3 is 20.5 Å². The first-order chi connectivity index (χ1) is 11.1. The van der Waals surface area contributed by atoms with Crippen molar-refractivity contribution in [3.8, 4) is 5.75 Å². The monoisotopic (exact) mass is 312 g/mol. The summed E-state index contributed by atoms with van der Waals surface area (Å²) in [6.45, 7) is 1.57. The Hall–Kier alpha value is -2.53. The molecule has 3 N–H and O–H groups in total. The first kappa shape index (κ1) is 15.4. The molecule has 5 nitrogen and oxygen atoms in total. The summed E-state index contributed by atoms with van der Waals surface area (Å²) in [4.78, 5) is 11.9. The Labute approximate surface area is 135 Å². The summed E-state index contributed by atoms with van der Waals surface area (Å²) in [5.74, 6) is 0.763. The van der Waals surface area contributed by atoms with Gasteiger partial charge in [0, 0.05) is 12.0 Å². The van der Waals surface area contributed by atoms with E-state index in [1.54, 1.807) is 0 Å². The molecule has 0 saturated heterocycles. The van der Waals surface area contributed by atoms with E-state index < -0.39 is 18.3 Å². The second kappa shape index (κ2) is 6.30. The number of hydrogen-bond acceptors (Lipinski definition) is 3. The highest BCUT2D eigenvalue weighted by Crippen LogP contribution is 2.44. The number of carbonyl (C=O) groups is 1. The van der Waals surface area contributed by atoms with Gasteiger partial charge in [-0.05, 0) is 18.6 Å². The molecule has 1 heterocycles. The second-order valence-corrected chi connectivity index (χ2v) is 5.84. The Balaban J connectivity index is 1.95. The molecule has 2 atom stereocenters. The molecule has 0 aromatic heterocycles. The fourth-order valence-corrected chi connectivity index (χ4v) is 3.04. The summed E-state index contributed by atoms with van der Waals surface area (Å²) in [7, 11) is 0. The molecule has 2 aromatic rings. The Bertz CT molecular complexity index is 690. The number of carbonyl (C=O) groups excluding carboxylic acids is 1. The van der Waals surface area contributed by atoms with Gasteiger partial charge in [0.15, 0.2) is 0 Å². The number of aliphatic hydroxyl groups is 1. The normalized spacial score (nSPS) is 22.6. The Morgan fingerprint density at radius 1 is 1.22 bits per heavy atom. The zero-order valence-electron chi connectivity index (χ0n) is 13.0. The summed E-state index contributed by atoms with van der Waals surface area (Å²) in [5, 5.41) is 14.2. The Morgan fingerprint density at radius 3 is 2.65 bits per heavy atom. The number of para-hydroxylation sites is 1.